The number of fused-ring (bicyclic) bond motifs is 1. The van der Waals surface area contributed by atoms with Gasteiger partial charge in [-0.3, -0.25) is 23.5 Å². The molecule has 2 amide bonds. The zero-order valence-corrected chi connectivity index (χ0v) is 15.7. The molecule has 3 aromatic rings. The van der Waals surface area contributed by atoms with Crippen LogP contribution in [0.15, 0.2) is 32.3 Å². The van der Waals surface area contributed by atoms with E-state index in [1.54, 1.807) is 13.0 Å². The summed E-state index contributed by atoms with van der Waals surface area (Å²) in [5.41, 5.74) is -0.955. The molecule has 0 unspecified atom stereocenters. The van der Waals surface area contributed by atoms with Gasteiger partial charge in [-0.1, -0.05) is 5.16 Å². The summed E-state index contributed by atoms with van der Waals surface area (Å²) in [6, 6.07) is 4.36. The molecule has 11 heteroatoms. The molecule has 0 saturated carbocycles. The number of amides is 2. The standard InChI is InChI=1S/C17H18N6O5/c1-9-7-12(20-28-9)19-13(24)8-21(2)16(26)11-6-5-10-14(18-11)22(3)17(27)23(4)15(10)25/h5-7H,8H2,1-4H3,(H,19,20,24). The molecule has 0 atom stereocenters. The number of pyridine rings is 1. The largest absolute Gasteiger partial charge is 0.360 e. The van der Waals surface area contributed by atoms with E-state index < -0.39 is 23.1 Å². The molecule has 0 radical (unpaired) electrons. The minimum absolute atomic E-state index is 0.00309. The van der Waals surface area contributed by atoms with Crippen molar-refractivity contribution >= 4 is 28.7 Å². The summed E-state index contributed by atoms with van der Waals surface area (Å²) >= 11 is 0. The fourth-order valence-corrected chi connectivity index (χ4v) is 2.66. The van der Waals surface area contributed by atoms with Gasteiger partial charge < -0.3 is 14.7 Å². The summed E-state index contributed by atoms with van der Waals surface area (Å²) in [4.78, 5) is 54.2. The van der Waals surface area contributed by atoms with Gasteiger partial charge >= 0.3 is 5.69 Å². The average molecular weight is 386 g/mol. The number of aromatic nitrogens is 4. The van der Waals surface area contributed by atoms with Crippen molar-refractivity contribution in [1.82, 2.24) is 24.2 Å². The van der Waals surface area contributed by atoms with Crippen molar-refractivity contribution in [2.75, 3.05) is 18.9 Å². The maximum atomic E-state index is 12.6. The lowest BCUT2D eigenvalue weighted by atomic mass is 10.2. The van der Waals surface area contributed by atoms with Gasteiger partial charge in [-0.25, -0.2) is 9.78 Å². The SMILES string of the molecule is Cc1cc(NC(=O)CN(C)C(=O)c2ccc3c(=O)n(C)c(=O)n(C)c3n2)no1. The molecule has 0 aliphatic carbocycles. The first-order valence-electron chi connectivity index (χ1n) is 8.24. The molecule has 0 aromatic carbocycles. The zero-order valence-electron chi connectivity index (χ0n) is 15.7. The van der Waals surface area contributed by atoms with Gasteiger partial charge in [0.15, 0.2) is 5.82 Å². The summed E-state index contributed by atoms with van der Waals surface area (Å²) in [7, 11) is 4.26. The monoisotopic (exact) mass is 386 g/mol. The van der Waals surface area contributed by atoms with E-state index in [1.165, 1.54) is 37.8 Å². The van der Waals surface area contributed by atoms with Crippen LogP contribution in [0.5, 0.6) is 0 Å². The first-order chi connectivity index (χ1) is 13.2. The third-order valence-corrected chi connectivity index (χ3v) is 4.14. The third-order valence-electron chi connectivity index (χ3n) is 4.14. The minimum atomic E-state index is -0.551. The Kier molecular flexibility index (Phi) is 4.82. The van der Waals surface area contributed by atoms with Gasteiger partial charge in [0.1, 0.15) is 17.1 Å². The van der Waals surface area contributed by atoms with Gasteiger partial charge in [0.05, 0.1) is 11.9 Å². The second kappa shape index (κ2) is 7.10. The predicted octanol–water partition coefficient (Wildman–Crippen LogP) is -0.361. The number of rotatable bonds is 4. The maximum Gasteiger partial charge on any atom is 0.332 e. The molecule has 0 spiro atoms. The Bertz CT molecular complexity index is 1200. The number of nitrogens with one attached hydrogen (secondary N) is 1. The topological polar surface area (TPSA) is 132 Å². The number of hydrogen-bond donors (Lipinski definition) is 1. The molecule has 0 fully saturated rings. The van der Waals surface area contributed by atoms with Gasteiger partial charge in [-0.15, -0.1) is 0 Å². The van der Waals surface area contributed by atoms with E-state index in [4.69, 9.17) is 4.52 Å². The van der Waals surface area contributed by atoms with E-state index in [0.29, 0.717) is 5.76 Å². The summed E-state index contributed by atoms with van der Waals surface area (Å²) < 4.78 is 7.01. The van der Waals surface area contributed by atoms with Crippen LogP contribution in [0.1, 0.15) is 16.2 Å². The van der Waals surface area contributed by atoms with Gasteiger partial charge in [-0.2, -0.15) is 0 Å². The van der Waals surface area contributed by atoms with Gasteiger partial charge in [0.2, 0.25) is 5.91 Å². The molecule has 1 N–H and O–H groups in total. The number of carbonyl (C=O) groups excluding carboxylic acids is 2. The smallest absolute Gasteiger partial charge is 0.332 e. The second-order valence-electron chi connectivity index (χ2n) is 6.31. The number of aryl methyl sites for hydroxylation is 2. The predicted molar refractivity (Wildman–Crippen MR) is 99.1 cm³/mol. The number of nitrogens with zero attached hydrogens (tertiary/aromatic N) is 5. The Morgan fingerprint density at radius 2 is 1.93 bits per heavy atom. The average Bonchev–Trinajstić information content (AvgIpc) is 3.07. The maximum absolute atomic E-state index is 12.6. The number of carbonyl (C=O) groups is 2. The van der Waals surface area contributed by atoms with Crippen molar-refractivity contribution in [1.29, 1.82) is 0 Å². The first-order valence-corrected chi connectivity index (χ1v) is 8.24. The van der Waals surface area contributed by atoms with E-state index >= 15 is 0 Å². The zero-order chi connectivity index (χ0) is 20.6. The highest BCUT2D eigenvalue weighted by molar-refractivity contribution is 5.98. The normalized spacial score (nSPS) is 10.9. The van der Waals surface area contributed by atoms with E-state index in [-0.39, 0.29) is 29.1 Å². The molecule has 146 valence electrons. The Morgan fingerprint density at radius 1 is 1.21 bits per heavy atom. The quantitative estimate of drug-likeness (QED) is 0.647. The molecule has 0 aliphatic heterocycles. The van der Waals surface area contributed by atoms with Crippen molar-refractivity contribution in [3.05, 3.63) is 50.5 Å². The molecule has 3 aromatic heterocycles. The van der Waals surface area contributed by atoms with Crippen LogP contribution in [0, 0.1) is 6.92 Å². The van der Waals surface area contributed by atoms with Gasteiger partial charge in [-0.05, 0) is 19.1 Å². The van der Waals surface area contributed by atoms with Gasteiger partial charge in [0.25, 0.3) is 11.5 Å². The van der Waals surface area contributed by atoms with E-state index in [1.807, 2.05) is 0 Å². The van der Waals surface area contributed by atoms with E-state index in [9.17, 15) is 19.2 Å². The lowest BCUT2D eigenvalue weighted by molar-refractivity contribution is -0.116. The number of likely N-dealkylation sites (N-methyl/N-ethyl adjacent to an activating group) is 1. The van der Waals surface area contributed by atoms with Crippen LogP contribution >= 0.6 is 0 Å². The Balaban J connectivity index is 1.83. The molecule has 0 aliphatic rings. The summed E-state index contributed by atoms with van der Waals surface area (Å²) in [5, 5.41) is 6.37. The lowest BCUT2D eigenvalue weighted by Crippen LogP contribution is -2.38. The fraction of sp³-hybridized carbons (Fsp3) is 0.294. The van der Waals surface area contributed by atoms with Crippen molar-refractivity contribution < 1.29 is 14.1 Å². The Hall–Kier alpha value is -3.76. The summed E-state index contributed by atoms with van der Waals surface area (Å²) in [6.07, 6.45) is 0. The minimum Gasteiger partial charge on any atom is -0.360 e. The van der Waals surface area contributed by atoms with E-state index in [2.05, 4.69) is 15.5 Å². The van der Waals surface area contributed by atoms with Crippen LogP contribution in [0.3, 0.4) is 0 Å². The molecular weight excluding hydrogens is 368 g/mol. The van der Waals surface area contributed by atoms with Crippen LogP contribution < -0.4 is 16.6 Å². The second-order valence-corrected chi connectivity index (χ2v) is 6.31. The van der Waals surface area contributed by atoms with E-state index in [0.717, 1.165) is 9.47 Å². The molecule has 3 rings (SSSR count). The first kappa shape index (κ1) is 19.0. The third kappa shape index (κ3) is 3.41. The van der Waals surface area contributed by atoms with Crippen LogP contribution in [0.4, 0.5) is 5.82 Å². The molecular formula is C17H18N6O5. The van der Waals surface area contributed by atoms with Gasteiger partial charge in [0, 0.05) is 27.2 Å². The number of anilines is 1. The Morgan fingerprint density at radius 3 is 2.57 bits per heavy atom. The molecule has 28 heavy (non-hydrogen) atoms. The summed E-state index contributed by atoms with van der Waals surface area (Å²) in [6.45, 7) is 1.43. The highest BCUT2D eigenvalue weighted by Gasteiger charge is 2.19. The Labute approximate surface area is 158 Å². The van der Waals surface area contributed by atoms with Crippen LogP contribution in [-0.2, 0) is 18.9 Å². The summed E-state index contributed by atoms with van der Waals surface area (Å²) in [5.74, 6) is -0.220. The molecule has 11 nitrogen and oxygen atoms in total. The highest BCUT2D eigenvalue weighted by atomic mass is 16.5. The molecule has 0 saturated heterocycles. The molecule has 0 bridgehead atoms. The fourth-order valence-electron chi connectivity index (χ4n) is 2.66. The molecule has 3 heterocycles. The number of hydrogen-bond acceptors (Lipinski definition) is 7. The lowest BCUT2D eigenvalue weighted by Gasteiger charge is -2.16. The van der Waals surface area contributed by atoms with Crippen molar-refractivity contribution in [3.8, 4) is 0 Å². The van der Waals surface area contributed by atoms with Crippen molar-refractivity contribution in [3.63, 3.8) is 0 Å². The van der Waals surface area contributed by atoms with Crippen LogP contribution in [-0.4, -0.2) is 49.6 Å². The van der Waals surface area contributed by atoms with Crippen LogP contribution in [0.25, 0.3) is 11.0 Å². The van der Waals surface area contributed by atoms with Crippen LogP contribution in [0.2, 0.25) is 0 Å². The van der Waals surface area contributed by atoms with Crippen molar-refractivity contribution in [2.24, 2.45) is 14.1 Å². The van der Waals surface area contributed by atoms with Crippen molar-refractivity contribution in [2.45, 2.75) is 6.92 Å². The highest BCUT2D eigenvalue weighted by Crippen LogP contribution is 2.09.